The van der Waals surface area contributed by atoms with Gasteiger partial charge in [-0.1, -0.05) is 11.6 Å². The van der Waals surface area contributed by atoms with Crippen molar-refractivity contribution >= 4 is 23.4 Å². The van der Waals surface area contributed by atoms with Gasteiger partial charge in [-0.25, -0.2) is 9.78 Å². The summed E-state index contributed by atoms with van der Waals surface area (Å²) in [7, 11) is 0. The molecule has 0 aliphatic carbocycles. The molecule has 0 bridgehead atoms. The Kier molecular flexibility index (Phi) is 3.39. The highest BCUT2D eigenvalue weighted by molar-refractivity contribution is 6.31. The molecule has 0 radical (unpaired) electrons. The first-order chi connectivity index (χ1) is 8.56. The second-order valence-electron chi connectivity index (χ2n) is 4.23. The van der Waals surface area contributed by atoms with Gasteiger partial charge in [-0.2, -0.15) is 5.26 Å². The molecule has 2 heterocycles. The average Bonchev–Trinajstić information content (AvgIpc) is 2.81. The van der Waals surface area contributed by atoms with Crippen LogP contribution in [0.25, 0.3) is 0 Å². The number of carbonyl (C=O) groups is 1. The molecular weight excluding hydrogens is 254 g/mol. The van der Waals surface area contributed by atoms with Crippen LogP contribution in [0.2, 0.25) is 5.02 Å². The summed E-state index contributed by atoms with van der Waals surface area (Å²) in [5, 5.41) is 18.8. The molecule has 5 nitrogen and oxygen atoms in total. The summed E-state index contributed by atoms with van der Waals surface area (Å²) in [6.07, 6.45) is 2.82. The van der Waals surface area contributed by atoms with Crippen molar-refractivity contribution in [3.8, 4) is 6.07 Å². The summed E-state index contributed by atoms with van der Waals surface area (Å²) >= 11 is 5.92. The van der Waals surface area contributed by atoms with E-state index in [1.165, 1.54) is 6.20 Å². The summed E-state index contributed by atoms with van der Waals surface area (Å²) in [5.41, 5.74) is 0.996. The third-order valence-electron chi connectivity index (χ3n) is 3.18. The van der Waals surface area contributed by atoms with Gasteiger partial charge in [0.15, 0.2) is 0 Å². The van der Waals surface area contributed by atoms with E-state index >= 15 is 0 Å². The van der Waals surface area contributed by atoms with Gasteiger partial charge in [-0.05, 0) is 25.3 Å². The van der Waals surface area contributed by atoms with Crippen LogP contribution in [0.1, 0.15) is 24.0 Å². The van der Waals surface area contributed by atoms with Gasteiger partial charge in [-0.15, -0.1) is 0 Å². The van der Waals surface area contributed by atoms with E-state index in [1.807, 2.05) is 0 Å². The first kappa shape index (κ1) is 12.7. The van der Waals surface area contributed by atoms with Crippen molar-refractivity contribution in [2.75, 3.05) is 11.4 Å². The lowest BCUT2D eigenvalue weighted by Crippen LogP contribution is -2.37. The van der Waals surface area contributed by atoms with Gasteiger partial charge in [-0.3, -0.25) is 0 Å². The Morgan fingerprint density at radius 2 is 2.44 bits per heavy atom. The molecule has 1 aromatic rings. The molecule has 18 heavy (non-hydrogen) atoms. The molecule has 0 unspecified atom stereocenters. The Balaban J connectivity index is 2.49. The van der Waals surface area contributed by atoms with Gasteiger partial charge in [0.2, 0.25) is 0 Å². The van der Waals surface area contributed by atoms with Crippen LogP contribution in [0.4, 0.5) is 5.82 Å². The molecule has 2 rings (SSSR count). The number of halogens is 1. The Morgan fingerprint density at radius 3 is 3.06 bits per heavy atom. The smallest absolute Gasteiger partial charge is 0.326 e. The van der Waals surface area contributed by atoms with E-state index in [0.29, 0.717) is 34.9 Å². The standard InChI is InChI=1S/C12H12ClN3O2/c1-7-8(5-14)11(15-6-9(7)13)16-4-2-3-10(16)12(17)18/h6,10H,2-4H2,1H3,(H,17,18)/t10-/m0/s1. The third kappa shape index (κ3) is 2.00. The van der Waals surface area contributed by atoms with Crippen LogP contribution in [-0.2, 0) is 4.79 Å². The zero-order valence-corrected chi connectivity index (χ0v) is 10.6. The molecule has 1 fully saturated rings. The topological polar surface area (TPSA) is 77.2 Å². The minimum Gasteiger partial charge on any atom is -0.480 e. The number of aromatic nitrogens is 1. The molecule has 0 saturated carbocycles. The quantitative estimate of drug-likeness (QED) is 0.885. The molecule has 1 saturated heterocycles. The Morgan fingerprint density at radius 1 is 1.72 bits per heavy atom. The van der Waals surface area contributed by atoms with Crippen molar-refractivity contribution < 1.29 is 9.90 Å². The summed E-state index contributed by atoms with van der Waals surface area (Å²) in [4.78, 5) is 17.0. The van der Waals surface area contributed by atoms with E-state index in [9.17, 15) is 10.1 Å². The SMILES string of the molecule is Cc1c(Cl)cnc(N2CCC[C@H]2C(=O)O)c1C#N. The lowest BCUT2D eigenvalue weighted by Gasteiger charge is -2.24. The summed E-state index contributed by atoms with van der Waals surface area (Å²) in [6.45, 7) is 2.33. The predicted octanol–water partition coefficient (Wildman–Crippen LogP) is 1.97. The van der Waals surface area contributed by atoms with E-state index < -0.39 is 12.0 Å². The highest BCUT2D eigenvalue weighted by Crippen LogP contribution is 2.30. The fourth-order valence-corrected chi connectivity index (χ4v) is 2.34. The van der Waals surface area contributed by atoms with Crippen LogP contribution < -0.4 is 4.90 Å². The highest BCUT2D eigenvalue weighted by atomic mass is 35.5. The fraction of sp³-hybridized carbons (Fsp3) is 0.417. The normalized spacial score (nSPS) is 18.7. The second-order valence-corrected chi connectivity index (χ2v) is 4.64. The number of nitrogens with zero attached hydrogens (tertiary/aromatic N) is 3. The van der Waals surface area contributed by atoms with Crippen LogP contribution in [0.5, 0.6) is 0 Å². The van der Waals surface area contributed by atoms with Crippen molar-refractivity contribution in [3.63, 3.8) is 0 Å². The molecule has 0 amide bonds. The molecule has 0 aromatic carbocycles. The maximum absolute atomic E-state index is 11.2. The van der Waals surface area contributed by atoms with E-state index in [-0.39, 0.29) is 0 Å². The molecule has 1 atom stereocenters. The second kappa shape index (κ2) is 4.83. The third-order valence-corrected chi connectivity index (χ3v) is 3.56. The van der Waals surface area contributed by atoms with Gasteiger partial charge in [0.05, 0.1) is 10.6 Å². The van der Waals surface area contributed by atoms with Crippen molar-refractivity contribution in [1.82, 2.24) is 4.98 Å². The monoisotopic (exact) mass is 265 g/mol. The maximum atomic E-state index is 11.2. The van der Waals surface area contributed by atoms with Crippen molar-refractivity contribution in [2.45, 2.75) is 25.8 Å². The zero-order valence-electron chi connectivity index (χ0n) is 9.85. The number of aliphatic carboxylic acids is 1. The Bertz CT molecular complexity index is 539. The van der Waals surface area contributed by atoms with E-state index in [4.69, 9.17) is 16.7 Å². The van der Waals surface area contributed by atoms with Gasteiger partial charge < -0.3 is 10.0 Å². The van der Waals surface area contributed by atoms with Crippen LogP contribution in [-0.4, -0.2) is 28.6 Å². The summed E-state index contributed by atoms with van der Waals surface area (Å²) < 4.78 is 0. The van der Waals surface area contributed by atoms with Gasteiger partial charge >= 0.3 is 5.97 Å². The lowest BCUT2D eigenvalue weighted by atomic mass is 10.1. The van der Waals surface area contributed by atoms with E-state index in [1.54, 1.807) is 11.8 Å². The summed E-state index contributed by atoms with van der Waals surface area (Å²) in [6, 6.07) is 1.45. The van der Waals surface area contributed by atoms with Crippen molar-refractivity contribution in [1.29, 1.82) is 5.26 Å². The zero-order chi connectivity index (χ0) is 13.3. The number of anilines is 1. The number of rotatable bonds is 2. The predicted molar refractivity (Wildman–Crippen MR) is 66.7 cm³/mol. The Hall–Kier alpha value is -1.80. The van der Waals surface area contributed by atoms with Gasteiger partial charge in [0.25, 0.3) is 0 Å². The van der Waals surface area contributed by atoms with Crippen LogP contribution in [0, 0.1) is 18.3 Å². The van der Waals surface area contributed by atoms with Crippen LogP contribution in [0.15, 0.2) is 6.20 Å². The van der Waals surface area contributed by atoms with Crippen molar-refractivity contribution in [2.24, 2.45) is 0 Å². The molecule has 1 aromatic heterocycles. The molecule has 6 heteroatoms. The number of carboxylic acids is 1. The van der Waals surface area contributed by atoms with Gasteiger partial charge in [0, 0.05) is 12.7 Å². The van der Waals surface area contributed by atoms with E-state index in [0.717, 1.165) is 6.42 Å². The maximum Gasteiger partial charge on any atom is 0.326 e. The number of carboxylic acid groups (broad SMARTS) is 1. The van der Waals surface area contributed by atoms with Crippen molar-refractivity contribution in [3.05, 3.63) is 22.3 Å². The average molecular weight is 266 g/mol. The first-order valence-corrected chi connectivity index (χ1v) is 5.98. The first-order valence-electron chi connectivity index (χ1n) is 5.61. The molecule has 1 aliphatic heterocycles. The largest absolute Gasteiger partial charge is 0.480 e. The number of hydrogen-bond acceptors (Lipinski definition) is 4. The van der Waals surface area contributed by atoms with Gasteiger partial charge in [0.1, 0.15) is 17.9 Å². The fourth-order valence-electron chi connectivity index (χ4n) is 2.19. The molecular formula is C12H12ClN3O2. The molecule has 1 aliphatic rings. The molecule has 1 N–H and O–H groups in total. The molecule has 94 valence electrons. The van der Waals surface area contributed by atoms with Crippen LogP contribution in [0.3, 0.4) is 0 Å². The van der Waals surface area contributed by atoms with E-state index in [2.05, 4.69) is 11.1 Å². The number of pyridine rings is 1. The highest BCUT2D eigenvalue weighted by Gasteiger charge is 2.33. The minimum absolute atomic E-state index is 0.357. The minimum atomic E-state index is -0.884. The lowest BCUT2D eigenvalue weighted by molar-refractivity contribution is -0.138. The molecule has 0 spiro atoms. The summed E-state index contributed by atoms with van der Waals surface area (Å²) in [5.74, 6) is -0.463. The Labute approximate surface area is 110 Å². The van der Waals surface area contributed by atoms with Crippen LogP contribution >= 0.6 is 11.6 Å². The number of nitriles is 1. The number of hydrogen-bond donors (Lipinski definition) is 1.